The monoisotopic (exact) mass is 466 g/mol. The molecule has 0 unspecified atom stereocenters. The molecule has 1 amide bonds. The molecule has 0 radical (unpaired) electrons. The SMILES string of the molecule is Cc1c(S(=O)(=O)N[C@H]2CCN(Cc3coc(C(=N)N)c3)C2=O)sc2ccc(Cl)cc12. The minimum Gasteiger partial charge on any atom is -0.461 e. The van der Waals surface area contributed by atoms with Crippen LogP contribution in [0.25, 0.3) is 10.1 Å². The van der Waals surface area contributed by atoms with Crippen molar-refractivity contribution in [3.63, 3.8) is 0 Å². The molecular formula is C19H19ClN4O4S2. The van der Waals surface area contributed by atoms with Gasteiger partial charge in [0.2, 0.25) is 5.91 Å². The van der Waals surface area contributed by atoms with Crippen molar-refractivity contribution in [3.05, 3.63) is 52.4 Å². The van der Waals surface area contributed by atoms with Crippen molar-refractivity contribution < 1.29 is 17.6 Å². The van der Waals surface area contributed by atoms with Gasteiger partial charge in [-0.2, -0.15) is 4.72 Å². The molecule has 4 rings (SSSR count). The van der Waals surface area contributed by atoms with Crippen LogP contribution in [0, 0.1) is 12.3 Å². The maximum Gasteiger partial charge on any atom is 0.251 e. The summed E-state index contributed by atoms with van der Waals surface area (Å²) >= 11 is 7.19. The Balaban J connectivity index is 1.50. The summed E-state index contributed by atoms with van der Waals surface area (Å²) in [4.78, 5) is 14.3. The minimum absolute atomic E-state index is 0.187. The Morgan fingerprint density at radius 3 is 2.90 bits per heavy atom. The molecule has 1 saturated heterocycles. The van der Waals surface area contributed by atoms with E-state index in [0.29, 0.717) is 29.1 Å². The summed E-state index contributed by atoms with van der Waals surface area (Å²) in [6.45, 7) is 2.40. The Morgan fingerprint density at radius 1 is 1.43 bits per heavy atom. The van der Waals surface area contributed by atoms with Gasteiger partial charge in [-0.1, -0.05) is 11.6 Å². The number of hydrogen-bond donors (Lipinski definition) is 3. The van der Waals surface area contributed by atoms with E-state index in [0.717, 1.165) is 21.4 Å². The van der Waals surface area contributed by atoms with Crippen LogP contribution in [0.4, 0.5) is 0 Å². The molecule has 1 aromatic carbocycles. The van der Waals surface area contributed by atoms with Gasteiger partial charge in [0.05, 0.1) is 6.26 Å². The summed E-state index contributed by atoms with van der Waals surface area (Å²) < 4.78 is 34.7. The van der Waals surface area contributed by atoms with Gasteiger partial charge in [0.15, 0.2) is 11.6 Å². The predicted octanol–water partition coefficient (Wildman–Crippen LogP) is 2.82. The number of nitrogens with one attached hydrogen (secondary N) is 2. The van der Waals surface area contributed by atoms with Gasteiger partial charge in [0, 0.05) is 28.4 Å². The van der Waals surface area contributed by atoms with Crippen molar-refractivity contribution in [1.82, 2.24) is 9.62 Å². The van der Waals surface area contributed by atoms with Gasteiger partial charge >= 0.3 is 0 Å². The molecule has 1 fully saturated rings. The average Bonchev–Trinajstić information content (AvgIpc) is 3.37. The molecule has 0 saturated carbocycles. The highest BCUT2D eigenvalue weighted by Crippen LogP contribution is 2.35. The first kappa shape index (κ1) is 20.9. The summed E-state index contributed by atoms with van der Waals surface area (Å²) in [6.07, 6.45) is 1.80. The highest BCUT2D eigenvalue weighted by Gasteiger charge is 2.36. The third kappa shape index (κ3) is 3.83. The molecule has 1 aliphatic rings. The number of amides is 1. The molecule has 158 valence electrons. The summed E-state index contributed by atoms with van der Waals surface area (Å²) in [6, 6.07) is 6.01. The number of thiophene rings is 1. The summed E-state index contributed by atoms with van der Waals surface area (Å²) in [7, 11) is -3.87. The molecule has 11 heteroatoms. The first-order valence-electron chi connectivity index (χ1n) is 9.07. The fourth-order valence-electron chi connectivity index (χ4n) is 3.49. The number of nitrogens with two attached hydrogens (primary N) is 1. The molecule has 0 aliphatic carbocycles. The maximum absolute atomic E-state index is 13.0. The molecule has 30 heavy (non-hydrogen) atoms. The number of carbonyl (C=O) groups is 1. The number of sulfonamides is 1. The summed E-state index contributed by atoms with van der Waals surface area (Å²) in [5, 5.41) is 8.70. The highest BCUT2D eigenvalue weighted by atomic mass is 35.5. The van der Waals surface area contributed by atoms with E-state index >= 15 is 0 Å². The van der Waals surface area contributed by atoms with E-state index in [1.54, 1.807) is 36.1 Å². The second kappa shape index (κ2) is 7.69. The first-order valence-corrected chi connectivity index (χ1v) is 11.7. The van der Waals surface area contributed by atoms with Gasteiger partial charge in [0.1, 0.15) is 10.3 Å². The van der Waals surface area contributed by atoms with Crippen molar-refractivity contribution >= 4 is 54.8 Å². The zero-order chi connectivity index (χ0) is 21.6. The molecule has 8 nitrogen and oxygen atoms in total. The summed E-state index contributed by atoms with van der Waals surface area (Å²) in [5.41, 5.74) is 6.69. The van der Waals surface area contributed by atoms with Gasteiger partial charge in [-0.3, -0.25) is 10.2 Å². The Kier molecular flexibility index (Phi) is 5.35. The molecule has 0 bridgehead atoms. The largest absolute Gasteiger partial charge is 0.461 e. The van der Waals surface area contributed by atoms with E-state index in [-0.39, 0.29) is 28.3 Å². The topological polar surface area (TPSA) is 129 Å². The van der Waals surface area contributed by atoms with Crippen molar-refractivity contribution in [2.75, 3.05) is 6.54 Å². The van der Waals surface area contributed by atoms with E-state index in [2.05, 4.69) is 4.72 Å². The molecule has 0 spiro atoms. The lowest BCUT2D eigenvalue weighted by Crippen LogP contribution is -2.41. The minimum atomic E-state index is -3.87. The van der Waals surface area contributed by atoms with Gasteiger partial charge in [-0.25, -0.2) is 8.42 Å². The number of nitrogens with zero attached hydrogens (tertiary/aromatic N) is 1. The van der Waals surface area contributed by atoms with Crippen LogP contribution in [0.2, 0.25) is 5.02 Å². The van der Waals surface area contributed by atoms with Gasteiger partial charge in [-0.05, 0) is 48.6 Å². The lowest BCUT2D eigenvalue weighted by atomic mass is 10.2. The normalized spacial score (nSPS) is 17.2. The summed E-state index contributed by atoms with van der Waals surface area (Å²) in [5.74, 6) is -0.264. The number of hydrogen-bond acceptors (Lipinski definition) is 6. The van der Waals surface area contributed by atoms with Crippen molar-refractivity contribution in [1.29, 1.82) is 5.41 Å². The number of halogens is 1. The quantitative estimate of drug-likeness (QED) is 0.380. The zero-order valence-electron chi connectivity index (χ0n) is 15.9. The smallest absolute Gasteiger partial charge is 0.251 e. The van der Waals surface area contributed by atoms with E-state index in [4.69, 9.17) is 27.2 Å². The number of benzene rings is 1. The van der Waals surface area contributed by atoms with E-state index in [9.17, 15) is 13.2 Å². The van der Waals surface area contributed by atoms with Crippen LogP contribution >= 0.6 is 22.9 Å². The Labute approximate surface area is 182 Å². The second-order valence-corrected chi connectivity index (χ2v) is 10.5. The maximum atomic E-state index is 13.0. The average molecular weight is 467 g/mol. The fraction of sp³-hybridized carbons (Fsp3) is 0.263. The fourth-order valence-corrected chi connectivity index (χ4v) is 6.65. The number of fused-ring (bicyclic) bond motifs is 1. The molecule has 3 heterocycles. The lowest BCUT2D eigenvalue weighted by Gasteiger charge is -2.16. The third-order valence-corrected chi connectivity index (χ3v) is 8.59. The van der Waals surface area contributed by atoms with Gasteiger partial charge < -0.3 is 15.1 Å². The lowest BCUT2D eigenvalue weighted by molar-refractivity contribution is -0.129. The van der Waals surface area contributed by atoms with Crippen LogP contribution < -0.4 is 10.5 Å². The number of aryl methyl sites for hydroxylation is 1. The van der Waals surface area contributed by atoms with Gasteiger partial charge in [-0.15, -0.1) is 11.3 Å². The first-order chi connectivity index (χ1) is 14.2. The number of furan rings is 1. The van der Waals surface area contributed by atoms with E-state index in [1.807, 2.05) is 0 Å². The number of likely N-dealkylation sites (tertiary alicyclic amines) is 1. The molecule has 3 aromatic rings. The van der Waals surface area contributed by atoms with Crippen LogP contribution in [-0.4, -0.2) is 37.6 Å². The Morgan fingerprint density at radius 2 is 2.20 bits per heavy atom. The zero-order valence-corrected chi connectivity index (χ0v) is 18.3. The number of nitrogen functional groups attached to an aromatic ring is 1. The van der Waals surface area contributed by atoms with Crippen LogP contribution in [0.1, 0.15) is 23.3 Å². The third-order valence-electron chi connectivity index (χ3n) is 4.99. The van der Waals surface area contributed by atoms with Gasteiger partial charge in [0.25, 0.3) is 10.0 Å². The van der Waals surface area contributed by atoms with E-state index in [1.165, 1.54) is 6.26 Å². The number of rotatable bonds is 6. The highest BCUT2D eigenvalue weighted by molar-refractivity contribution is 7.91. The Hall–Kier alpha value is -2.40. The Bertz CT molecular complexity index is 1260. The van der Waals surface area contributed by atoms with Crippen LogP contribution in [-0.2, 0) is 21.4 Å². The van der Waals surface area contributed by atoms with Crippen molar-refractivity contribution in [3.8, 4) is 0 Å². The molecule has 1 aliphatic heterocycles. The van der Waals surface area contributed by atoms with Crippen LogP contribution in [0.5, 0.6) is 0 Å². The second-order valence-electron chi connectivity index (χ2n) is 7.11. The van der Waals surface area contributed by atoms with Crippen LogP contribution in [0.3, 0.4) is 0 Å². The molecule has 2 aromatic heterocycles. The molecule has 4 N–H and O–H groups in total. The predicted molar refractivity (Wildman–Crippen MR) is 115 cm³/mol. The number of carbonyl (C=O) groups excluding carboxylic acids is 1. The standard InChI is InChI=1S/C19H19ClN4O4S2/c1-10-13-7-12(20)2-3-16(13)29-19(10)30(26,27)23-14-4-5-24(18(14)25)8-11-6-15(17(21)22)28-9-11/h2-3,6-7,9,14,23H,4-5,8H2,1H3,(H3,21,22)/t14-/m0/s1. The number of amidine groups is 1. The van der Waals surface area contributed by atoms with Crippen molar-refractivity contribution in [2.24, 2.45) is 5.73 Å². The van der Waals surface area contributed by atoms with Crippen LogP contribution in [0.15, 0.2) is 39.2 Å². The molecule has 1 atom stereocenters. The van der Waals surface area contributed by atoms with E-state index < -0.39 is 16.1 Å². The molecular weight excluding hydrogens is 448 g/mol. The van der Waals surface area contributed by atoms with Crippen molar-refractivity contribution in [2.45, 2.75) is 30.1 Å².